The Bertz CT molecular complexity index is 79.4. The molecule has 4 nitrogen and oxygen atoms in total. The van der Waals surface area contributed by atoms with Crippen molar-refractivity contribution in [1.29, 1.82) is 0 Å². The third-order valence-corrected chi connectivity index (χ3v) is 0.962. The first kappa shape index (κ1) is 7.36. The van der Waals surface area contributed by atoms with Gasteiger partial charge in [-0.15, -0.1) is 0 Å². The monoisotopic (exact) mass is 118 g/mol. The van der Waals surface area contributed by atoms with Crippen LogP contribution in [0.1, 0.15) is 13.3 Å². The molecule has 1 unspecified atom stereocenters. The van der Waals surface area contributed by atoms with Crippen LogP contribution in [0.5, 0.6) is 0 Å². The first-order chi connectivity index (χ1) is 3.72. The lowest BCUT2D eigenvalue weighted by Crippen LogP contribution is -2.30. The summed E-state index contributed by atoms with van der Waals surface area (Å²) in [5.74, 6) is 0. The van der Waals surface area contributed by atoms with Gasteiger partial charge in [0.05, 0.1) is 0 Å². The first-order valence-corrected chi connectivity index (χ1v) is 2.44. The molecule has 0 fully saturated rings. The molecule has 0 radical (unpaired) electrons. The van der Waals surface area contributed by atoms with Gasteiger partial charge in [-0.2, -0.15) is 0 Å². The average molecular weight is 118 g/mol. The van der Waals surface area contributed by atoms with Crippen molar-refractivity contribution in [3.05, 3.63) is 10.1 Å². The molecule has 0 heterocycles. The fourth-order valence-corrected chi connectivity index (χ4v) is 0.328. The Hall–Kier alpha value is -0.640. The predicted octanol–water partition coefficient (Wildman–Crippen LogP) is -0.598. The Labute approximate surface area is 47.3 Å². The SMILES string of the molecule is CCC(C[O-])[N+](=O)[O-]. The summed E-state index contributed by atoms with van der Waals surface area (Å²) >= 11 is 0. The Morgan fingerprint density at radius 3 is 2.25 bits per heavy atom. The molecule has 0 aromatic rings. The predicted molar refractivity (Wildman–Crippen MR) is 25.9 cm³/mol. The van der Waals surface area contributed by atoms with Crippen LogP contribution < -0.4 is 5.11 Å². The van der Waals surface area contributed by atoms with Crippen molar-refractivity contribution in [2.75, 3.05) is 6.61 Å². The second kappa shape index (κ2) is 3.37. The molecule has 0 rings (SSSR count). The average Bonchev–Trinajstić information content (AvgIpc) is 1.69. The van der Waals surface area contributed by atoms with Gasteiger partial charge in [0, 0.05) is 11.3 Å². The highest BCUT2D eigenvalue weighted by Gasteiger charge is 2.08. The molecule has 0 spiro atoms. The number of hydrogen-bond acceptors (Lipinski definition) is 3. The molecular formula is C4H8NO3-. The van der Waals surface area contributed by atoms with Crippen LogP contribution >= 0.6 is 0 Å². The second-order valence-corrected chi connectivity index (χ2v) is 1.51. The molecule has 8 heavy (non-hydrogen) atoms. The second-order valence-electron chi connectivity index (χ2n) is 1.51. The highest BCUT2D eigenvalue weighted by atomic mass is 16.6. The van der Waals surface area contributed by atoms with Gasteiger partial charge in [0.15, 0.2) is 6.04 Å². The van der Waals surface area contributed by atoms with Crippen molar-refractivity contribution >= 4 is 0 Å². The van der Waals surface area contributed by atoms with Crippen molar-refractivity contribution in [1.82, 2.24) is 0 Å². The van der Waals surface area contributed by atoms with Crippen molar-refractivity contribution in [3.8, 4) is 0 Å². The summed E-state index contributed by atoms with van der Waals surface area (Å²) in [6.07, 6.45) is 0.330. The topological polar surface area (TPSA) is 66.2 Å². The van der Waals surface area contributed by atoms with Crippen LogP contribution in [0.3, 0.4) is 0 Å². The van der Waals surface area contributed by atoms with Crippen LogP contribution in [0.15, 0.2) is 0 Å². The summed E-state index contributed by atoms with van der Waals surface area (Å²) in [4.78, 5) is 9.23. The smallest absolute Gasteiger partial charge is 0.197 e. The minimum atomic E-state index is -0.880. The van der Waals surface area contributed by atoms with Crippen molar-refractivity contribution in [3.63, 3.8) is 0 Å². The molecule has 0 aliphatic rings. The highest BCUT2D eigenvalue weighted by Crippen LogP contribution is 1.90. The molecule has 4 heteroatoms. The maximum atomic E-state index is 9.86. The van der Waals surface area contributed by atoms with E-state index in [9.17, 15) is 15.2 Å². The fourth-order valence-electron chi connectivity index (χ4n) is 0.328. The molecule has 0 amide bonds. The third kappa shape index (κ3) is 1.88. The number of nitrogens with zero attached hydrogens (tertiary/aromatic N) is 1. The number of hydrogen-bond donors (Lipinski definition) is 0. The van der Waals surface area contributed by atoms with Gasteiger partial charge in [-0.1, -0.05) is 13.5 Å². The summed E-state index contributed by atoms with van der Waals surface area (Å²) in [5.41, 5.74) is 0. The highest BCUT2D eigenvalue weighted by molar-refractivity contribution is 4.46. The first-order valence-electron chi connectivity index (χ1n) is 2.44. The third-order valence-electron chi connectivity index (χ3n) is 0.962. The van der Waals surface area contributed by atoms with Crippen molar-refractivity contribution in [2.45, 2.75) is 19.4 Å². The van der Waals surface area contributed by atoms with Gasteiger partial charge in [-0.3, -0.25) is 10.1 Å². The lowest BCUT2D eigenvalue weighted by atomic mass is 10.3. The van der Waals surface area contributed by atoms with Gasteiger partial charge in [-0.05, 0) is 0 Å². The zero-order valence-corrected chi connectivity index (χ0v) is 4.66. The van der Waals surface area contributed by atoms with E-state index in [0.29, 0.717) is 6.42 Å². The van der Waals surface area contributed by atoms with Crippen LogP contribution in [0.2, 0.25) is 0 Å². The zero-order chi connectivity index (χ0) is 6.57. The van der Waals surface area contributed by atoms with E-state index < -0.39 is 17.6 Å². The molecule has 0 aliphatic heterocycles. The van der Waals surface area contributed by atoms with E-state index in [1.54, 1.807) is 6.92 Å². The molecule has 0 saturated carbocycles. The molecule has 0 aromatic heterocycles. The van der Waals surface area contributed by atoms with Gasteiger partial charge < -0.3 is 5.11 Å². The normalized spacial score (nSPS) is 13.2. The minimum Gasteiger partial charge on any atom is -0.850 e. The Balaban J connectivity index is 3.52. The van der Waals surface area contributed by atoms with Crippen LogP contribution in [-0.4, -0.2) is 17.6 Å². The largest absolute Gasteiger partial charge is 0.850 e. The Morgan fingerprint density at radius 2 is 2.25 bits per heavy atom. The van der Waals surface area contributed by atoms with Crippen LogP contribution in [0.4, 0.5) is 0 Å². The van der Waals surface area contributed by atoms with Crippen LogP contribution in [0.25, 0.3) is 0 Å². The van der Waals surface area contributed by atoms with E-state index in [0.717, 1.165) is 0 Å². The molecule has 0 N–H and O–H groups in total. The molecule has 1 atom stereocenters. The molecule has 48 valence electrons. The summed E-state index contributed by atoms with van der Waals surface area (Å²) < 4.78 is 0. The Morgan fingerprint density at radius 1 is 1.75 bits per heavy atom. The molecule has 0 bridgehead atoms. The number of rotatable bonds is 3. The summed E-state index contributed by atoms with van der Waals surface area (Å²) in [7, 11) is 0. The van der Waals surface area contributed by atoms with E-state index in [2.05, 4.69) is 0 Å². The lowest BCUT2D eigenvalue weighted by molar-refractivity contribution is -0.561. The quantitative estimate of drug-likeness (QED) is 0.367. The van der Waals surface area contributed by atoms with E-state index in [1.165, 1.54) is 0 Å². The van der Waals surface area contributed by atoms with E-state index >= 15 is 0 Å². The van der Waals surface area contributed by atoms with Crippen molar-refractivity contribution < 1.29 is 10.0 Å². The summed E-state index contributed by atoms with van der Waals surface area (Å²) in [6.45, 7) is 1.02. The van der Waals surface area contributed by atoms with Crippen LogP contribution in [-0.2, 0) is 0 Å². The maximum absolute atomic E-state index is 9.86. The van der Waals surface area contributed by atoms with E-state index in [1.807, 2.05) is 0 Å². The summed E-state index contributed by atoms with van der Waals surface area (Å²) in [6, 6.07) is -0.880. The maximum Gasteiger partial charge on any atom is 0.197 e. The van der Waals surface area contributed by atoms with Crippen LogP contribution in [0, 0.1) is 10.1 Å². The van der Waals surface area contributed by atoms with Gasteiger partial charge in [-0.25, -0.2) is 0 Å². The molecule has 0 saturated heterocycles. The minimum absolute atomic E-state index is 0.330. The fraction of sp³-hybridized carbons (Fsp3) is 1.00. The molecule has 0 aliphatic carbocycles. The van der Waals surface area contributed by atoms with Gasteiger partial charge in [0.2, 0.25) is 0 Å². The van der Waals surface area contributed by atoms with E-state index in [-0.39, 0.29) is 0 Å². The van der Waals surface area contributed by atoms with Gasteiger partial charge >= 0.3 is 0 Å². The standard InChI is InChI=1S/C4H8NO3/c1-2-4(3-6)5(7)8/h4H,2-3H2,1H3/q-1. The van der Waals surface area contributed by atoms with Crippen molar-refractivity contribution in [2.24, 2.45) is 0 Å². The lowest BCUT2D eigenvalue weighted by Gasteiger charge is -2.07. The number of nitro groups is 1. The van der Waals surface area contributed by atoms with Gasteiger partial charge in [0.1, 0.15) is 0 Å². The zero-order valence-electron chi connectivity index (χ0n) is 4.66. The Kier molecular flexibility index (Phi) is 3.10. The van der Waals surface area contributed by atoms with E-state index in [4.69, 9.17) is 0 Å². The van der Waals surface area contributed by atoms with Gasteiger partial charge in [0.25, 0.3) is 0 Å². The molecule has 0 aromatic carbocycles. The summed E-state index contributed by atoms with van der Waals surface area (Å²) in [5, 5.41) is 19.6. The molecular weight excluding hydrogens is 110 g/mol.